The molecule has 1 N–H and O–H groups in total. The van der Waals surface area contributed by atoms with Gasteiger partial charge >= 0.3 is 0 Å². The molecule has 0 bridgehead atoms. The molecule has 0 aliphatic carbocycles. The summed E-state index contributed by atoms with van der Waals surface area (Å²) in [7, 11) is 0. The molecule has 3 rings (SSSR count). The Labute approximate surface area is 135 Å². The minimum atomic E-state index is -1.50. The molecule has 3 aromatic rings. The first-order valence-corrected chi connectivity index (χ1v) is 7.26. The molecule has 1 atom stereocenters. The predicted molar refractivity (Wildman–Crippen MR) is 90.1 cm³/mol. The van der Waals surface area contributed by atoms with Crippen molar-refractivity contribution in [3.8, 4) is 23.5 Å². The molecule has 0 saturated carbocycles. The van der Waals surface area contributed by atoms with E-state index in [-0.39, 0.29) is 5.82 Å². The van der Waals surface area contributed by atoms with Crippen molar-refractivity contribution in [2.45, 2.75) is 5.60 Å². The summed E-state index contributed by atoms with van der Waals surface area (Å²) in [5, 5.41) is 10.9. The van der Waals surface area contributed by atoms with Gasteiger partial charge in [-0.1, -0.05) is 78.7 Å². The van der Waals surface area contributed by atoms with Crippen LogP contribution in [0.4, 0.5) is 4.39 Å². The summed E-state index contributed by atoms with van der Waals surface area (Å²) >= 11 is 0. The highest BCUT2D eigenvalue weighted by atomic mass is 19.1. The van der Waals surface area contributed by atoms with Crippen LogP contribution in [-0.2, 0) is 5.60 Å². The van der Waals surface area contributed by atoms with E-state index < -0.39 is 5.60 Å². The van der Waals surface area contributed by atoms with Crippen molar-refractivity contribution in [3.05, 3.63) is 95.8 Å². The second kappa shape index (κ2) is 6.08. The number of aliphatic hydroxyl groups is 1. The van der Waals surface area contributed by atoms with E-state index in [0.29, 0.717) is 16.7 Å². The Balaban J connectivity index is 2.02. The van der Waals surface area contributed by atoms with Gasteiger partial charge in [0.1, 0.15) is 5.82 Å². The van der Waals surface area contributed by atoms with Crippen LogP contribution >= 0.6 is 0 Å². The van der Waals surface area contributed by atoms with Crippen LogP contribution in [0.1, 0.15) is 11.1 Å². The molecule has 112 valence electrons. The number of terminal acetylenes is 1. The SMILES string of the molecule is C#CC(O)(c1ccccc1)c1ccc(-c2ccccc2F)cc1. The Bertz CT molecular complexity index is 847. The van der Waals surface area contributed by atoms with Gasteiger partial charge in [0, 0.05) is 16.7 Å². The lowest BCUT2D eigenvalue weighted by atomic mass is 9.86. The molecule has 0 aliphatic rings. The molecule has 0 heterocycles. The van der Waals surface area contributed by atoms with Gasteiger partial charge in [-0.3, -0.25) is 0 Å². The fourth-order valence-electron chi connectivity index (χ4n) is 2.60. The van der Waals surface area contributed by atoms with Gasteiger partial charge in [0.2, 0.25) is 0 Å². The standard InChI is InChI=1S/C21H15FO/c1-2-21(23,17-8-4-3-5-9-17)18-14-12-16(13-15-18)19-10-6-7-11-20(19)22/h1,3-15,23H. The minimum Gasteiger partial charge on any atom is -0.369 e. The zero-order valence-electron chi connectivity index (χ0n) is 12.4. The van der Waals surface area contributed by atoms with Crippen molar-refractivity contribution >= 4 is 0 Å². The first kappa shape index (κ1) is 15.0. The van der Waals surface area contributed by atoms with Crippen LogP contribution in [-0.4, -0.2) is 5.11 Å². The highest BCUT2D eigenvalue weighted by molar-refractivity contribution is 5.65. The van der Waals surface area contributed by atoms with E-state index in [2.05, 4.69) is 5.92 Å². The van der Waals surface area contributed by atoms with Crippen molar-refractivity contribution < 1.29 is 9.50 Å². The maximum atomic E-state index is 13.9. The van der Waals surface area contributed by atoms with E-state index in [1.165, 1.54) is 6.07 Å². The average Bonchev–Trinajstić information content (AvgIpc) is 2.62. The molecular weight excluding hydrogens is 287 g/mol. The number of hydrogen-bond acceptors (Lipinski definition) is 1. The average molecular weight is 302 g/mol. The summed E-state index contributed by atoms with van der Waals surface area (Å²) in [5.41, 5.74) is 0.949. The van der Waals surface area contributed by atoms with E-state index in [1.807, 2.05) is 18.2 Å². The van der Waals surface area contributed by atoms with E-state index in [0.717, 1.165) is 5.56 Å². The molecule has 23 heavy (non-hydrogen) atoms. The Hall–Kier alpha value is -2.89. The second-order valence-electron chi connectivity index (χ2n) is 5.28. The Morgan fingerprint density at radius 3 is 1.96 bits per heavy atom. The third kappa shape index (κ3) is 2.75. The molecule has 0 saturated heterocycles. The van der Waals surface area contributed by atoms with Crippen LogP contribution in [0.25, 0.3) is 11.1 Å². The van der Waals surface area contributed by atoms with E-state index in [9.17, 15) is 9.50 Å². The van der Waals surface area contributed by atoms with E-state index in [1.54, 1.807) is 54.6 Å². The summed E-state index contributed by atoms with van der Waals surface area (Å²) < 4.78 is 13.9. The first-order chi connectivity index (χ1) is 11.1. The van der Waals surface area contributed by atoms with Crippen molar-refractivity contribution in [2.24, 2.45) is 0 Å². The topological polar surface area (TPSA) is 20.2 Å². The van der Waals surface area contributed by atoms with Crippen LogP contribution in [0, 0.1) is 18.2 Å². The third-order valence-electron chi connectivity index (χ3n) is 3.89. The summed E-state index contributed by atoms with van der Waals surface area (Å²) in [6, 6.07) is 22.6. The number of benzene rings is 3. The summed E-state index contributed by atoms with van der Waals surface area (Å²) in [5.74, 6) is 2.18. The third-order valence-corrected chi connectivity index (χ3v) is 3.89. The summed E-state index contributed by atoms with van der Waals surface area (Å²) in [6.45, 7) is 0. The van der Waals surface area contributed by atoms with Crippen LogP contribution in [0.5, 0.6) is 0 Å². The summed E-state index contributed by atoms with van der Waals surface area (Å²) in [4.78, 5) is 0. The Morgan fingerprint density at radius 1 is 0.783 bits per heavy atom. The van der Waals surface area contributed by atoms with Gasteiger partial charge in [0.15, 0.2) is 5.60 Å². The first-order valence-electron chi connectivity index (χ1n) is 7.26. The van der Waals surface area contributed by atoms with Crippen molar-refractivity contribution in [3.63, 3.8) is 0 Å². The van der Waals surface area contributed by atoms with Crippen molar-refractivity contribution in [1.82, 2.24) is 0 Å². The molecule has 0 amide bonds. The molecule has 2 heteroatoms. The molecule has 0 spiro atoms. The fraction of sp³-hybridized carbons (Fsp3) is 0.0476. The smallest absolute Gasteiger partial charge is 0.176 e. The Kier molecular flexibility index (Phi) is 3.97. The number of hydrogen-bond donors (Lipinski definition) is 1. The number of halogens is 1. The summed E-state index contributed by atoms with van der Waals surface area (Å²) in [6.07, 6.45) is 5.58. The highest BCUT2D eigenvalue weighted by Gasteiger charge is 2.28. The van der Waals surface area contributed by atoms with Crippen molar-refractivity contribution in [1.29, 1.82) is 0 Å². The Morgan fingerprint density at radius 2 is 1.35 bits per heavy atom. The fourth-order valence-corrected chi connectivity index (χ4v) is 2.60. The molecule has 0 aliphatic heterocycles. The van der Waals surface area contributed by atoms with Crippen LogP contribution in [0.2, 0.25) is 0 Å². The van der Waals surface area contributed by atoms with Gasteiger partial charge in [-0.15, -0.1) is 6.42 Å². The maximum absolute atomic E-state index is 13.9. The van der Waals surface area contributed by atoms with Crippen LogP contribution < -0.4 is 0 Å². The predicted octanol–water partition coefficient (Wildman–Crippen LogP) is 4.36. The van der Waals surface area contributed by atoms with Crippen LogP contribution in [0.3, 0.4) is 0 Å². The maximum Gasteiger partial charge on any atom is 0.176 e. The molecule has 1 nitrogen and oxygen atoms in total. The number of rotatable bonds is 3. The van der Waals surface area contributed by atoms with Crippen LogP contribution in [0.15, 0.2) is 78.9 Å². The highest BCUT2D eigenvalue weighted by Crippen LogP contribution is 2.31. The van der Waals surface area contributed by atoms with Gasteiger partial charge in [0.25, 0.3) is 0 Å². The van der Waals surface area contributed by atoms with E-state index in [4.69, 9.17) is 6.42 Å². The van der Waals surface area contributed by atoms with E-state index >= 15 is 0 Å². The lowest BCUT2D eigenvalue weighted by Gasteiger charge is -2.23. The van der Waals surface area contributed by atoms with Gasteiger partial charge < -0.3 is 5.11 Å². The molecular formula is C21H15FO. The molecule has 0 fully saturated rings. The normalized spacial score (nSPS) is 13.1. The lowest BCUT2D eigenvalue weighted by Crippen LogP contribution is -2.24. The van der Waals surface area contributed by atoms with Crippen molar-refractivity contribution in [2.75, 3.05) is 0 Å². The lowest BCUT2D eigenvalue weighted by molar-refractivity contribution is 0.145. The molecule has 0 aromatic heterocycles. The monoisotopic (exact) mass is 302 g/mol. The minimum absolute atomic E-state index is 0.282. The zero-order valence-corrected chi connectivity index (χ0v) is 12.4. The van der Waals surface area contributed by atoms with Gasteiger partial charge in [-0.2, -0.15) is 0 Å². The largest absolute Gasteiger partial charge is 0.369 e. The second-order valence-corrected chi connectivity index (χ2v) is 5.28. The molecule has 3 aromatic carbocycles. The van der Waals surface area contributed by atoms with Gasteiger partial charge in [-0.25, -0.2) is 4.39 Å². The van der Waals surface area contributed by atoms with Gasteiger partial charge in [-0.05, 0) is 11.6 Å². The molecule has 0 radical (unpaired) electrons. The quantitative estimate of drug-likeness (QED) is 0.713. The zero-order chi connectivity index (χ0) is 16.3. The molecule has 1 unspecified atom stereocenters. The van der Waals surface area contributed by atoms with Gasteiger partial charge in [0.05, 0.1) is 0 Å².